The first-order valence-corrected chi connectivity index (χ1v) is 9.30. The van der Waals surface area contributed by atoms with Crippen molar-refractivity contribution in [2.24, 2.45) is 5.41 Å². The highest BCUT2D eigenvalue weighted by Crippen LogP contribution is 2.41. The summed E-state index contributed by atoms with van der Waals surface area (Å²) in [6.07, 6.45) is 5.52. The Morgan fingerprint density at radius 2 is 2.25 bits per heavy atom. The van der Waals surface area contributed by atoms with Gasteiger partial charge in [0.2, 0.25) is 5.91 Å². The minimum Gasteiger partial charge on any atom is -0.336 e. The lowest BCUT2D eigenvalue weighted by Crippen LogP contribution is -2.31. The van der Waals surface area contributed by atoms with Crippen LogP contribution in [0, 0.1) is 12.3 Å². The first-order chi connectivity index (χ1) is 11.6. The molecule has 0 aliphatic carbocycles. The molecule has 2 saturated heterocycles. The summed E-state index contributed by atoms with van der Waals surface area (Å²) in [6.45, 7) is 6.52. The van der Waals surface area contributed by atoms with Crippen LogP contribution in [0.1, 0.15) is 29.1 Å². The first kappa shape index (κ1) is 15.7. The van der Waals surface area contributed by atoms with Crippen molar-refractivity contribution in [1.29, 1.82) is 0 Å². The van der Waals surface area contributed by atoms with Gasteiger partial charge in [-0.05, 0) is 31.5 Å². The summed E-state index contributed by atoms with van der Waals surface area (Å²) in [6, 6.07) is 4.10. The Morgan fingerprint density at radius 3 is 3.00 bits per heavy atom. The van der Waals surface area contributed by atoms with Crippen LogP contribution in [-0.2, 0) is 17.9 Å². The highest BCUT2D eigenvalue weighted by molar-refractivity contribution is 7.09. The van der Waals surface area contributed by atoms with Crippen LogP contribution < -0.4 is 0 Å². The van der Waals surface area contributed by atoms with Gasteiger partial charge in [-0.1, -0.05) is 6.07 Å². The van der Waals surface area contributed by atoms with E-state index in [2.05, 4.69) is 26.3 Å². The molecule has 5 nitrogen and oxygen atoms in total. The summed E-state index contributed by atoms with van der Waals surface area (Å²) in [5.74, 6) is 0.281. The van der Waals surface area contributed by atoms with Crippen molar-refractivity contribution in [3.05, 3.63) is 46.2 Å². The van der Waals surface area contributed by atoms with Crippen molar-refractivity contribution in [2.45, 2.75) is 32.9 Å². The maximum atomic E-state index is 12.5. The number of likely N-dealkylation sites (tertiary alicyclic amines) is 2. The maximum absolute atomic E-state index is 12.5. The number of carbonyl (C=O) groups is 1. The van der Waals surface area contributed by atoms with Gasteiger partial charge in [0.25, 0.3) is 0 Å². The van der Waals surface area contributed by atoms with Crippen molar-refractivity contribution >= 4 is 17.2 Å². The molecular formula is C18H22N4OS. The van der Waals surface area contributed by atoms with E-state index in [-0.39, 0.29) is 11.3 Å². The van der Waals surface area contributed by atoms with Crippen LogP contribution in [0.4, 0.5) is 0 Å². The molecule has 2 aromatic rings. The van der Waals surface area contributed by atoms with Crippen LogP contribution in [0.25, 0.3) is 0 Å². The monoisotopic (exact) mass is 342 g/mol. The third-order valence-corrected chi connectivity index (χ3v) is 5.89. The second-order valence-corrected chi connectivity index (χ2v) is 8.17. The average molecular weight is 342 g/mol. The van der Waals surface area contributed by atoms with Gasteiger partial charge >= 0.3 is 0 Å². The fourth-order valence-corrected chi connectivity index (χ4v) is 4.59. The van der Waals surface area contributed by atoms with Gasteiger partial charge in [-0.3, -0.25) is 14.7 Å². The number of rotatable bonds is 4. The van der Waals surface area contributed by atoms with E-state index < -0.39 is 0 Å². The van der Waals surface area contributed by atoms with Crippen LogP contribution in [0.5, 0.6) is 0 Å². The van der Waals surface area contributed by atoms with Crippen molar-refractivity contribution in [1.82, 2.24) is 19.8 Å². The maximum Gasteiger partial charge on any atom is 0.223 e. The molecule has 1 amide bonds. The minimum absolute atomic E-state index is 0.129. The molecule has 2 aliphatic heterocycles. The van der Waals surface area contributed by atoms with Crippen molar-refractivity contribution in [3.63, 3.8) is 0 Å². The van der Waals surface area contributed by atoms with Gasteiger partial charge in [-0.25, -0.2) is 4.98 Å². The summed E-state index contributed by atoms with van der Waals surface area (Å²) < 4.78 is 0. The summed E-state index contributed by atoms with van der Waals surface area (Å²) in [7, 11) is 0. The van der Waals surface area contributed by atoms with Gasteiger partial charge in [-0.2, -0.15) is 0 Å². The summed E-state index contributed by atoms with van der Waals surface area (Å²) in [5.41, 5.74) is 2.39. The number of aryl methyl sites for hydroxylation is 1. The lowest BCUT2D eigenvalue weighted by Gasteiger charge is -2.24. The smallest absolute Gasteiger partial charge is 0.223 e. The summed E-state index contributed by atoms with van der Waals surface area (Å²) in [4.78, 5) is 25.6. The van der Waals surface area contributed by atoms with Gasteiger partial charge in [0, 0.05) is 49.2 Å². The molecule has 4 rings (SSSR count). The fraction of sp³-hybridized carbons (Fsp3) is 0.500. The number of aromatic nitrogens is 2. The number of nitrogens with zero attached hydrogens (tertiary/aromatic N) is 4. The largest absolute Gasteiger partial charge is 0.336 e. The standard InChI is InChI=1S/C18H22N4OS/c1-14-20-16(11-24-14)10-22-13-18(7-17(22)23)4-6-21(12-18)9-15-3-2-5-19-8-15/h2-3,5,8,11H,4,6-7,9-10,12-13H2,1H3/t18-/m1/s1. The summed E-state index contributed by atoms with van der Waals surface area (Å²) >= 11 is 1.65. The molecule has 0 N–H and O–H groups in total. The van der Waals surface area contributed by atoms with E-state index in [1.165, 1.54) is 5.56 Å². The number of hydrogen-bond acceptors (Lipinski definition) is 5. The minimum atomic E-state index is 0.129. The van der Waals surface area contributed by atoms with E-state index in [4.69, 9.17) is 0 Å². The highest BCUT2D eigenvalue weighted by atomic mass is 32.1. The van der Waals surface area contributed by atoms with Crippen molar-refractivity contribution in [3.8, 4) is 0 Å². The third kappa shape index (κ3) is 3.21. The SMILES string of the molecule is Cc1nc(CN2C[C@]3(CCN(Cc4cccnc4)C3)CC2=O)cs1. The van der Waals surface area contributed by atoms with E-state index >= 15 is 0 Å². The van der Waals surface area contributed by atoms with E-state index in [0.29, 0.717) is 13.0 Å². The zero-order valence-corrected chi connectivity index (χ0v) is 14.8. The van der Waals surface area contributed by atoms with Crippen molar-refractivity contribution < 1.29 is 4.79 Å². The van der Waals surface area contributed by atoms with Gasteiger partial charge in [0.05, 0.1) is 17.2 Å². The zero-order chi connectivity index (χ0) is 16.6. The Labute approximate surface area is 146 Å². The number of amides is 1. The molecular weight excluding hydrogens is 320 g/mol. The third-order valence-electron chi connectivity index (χ3n) is 5.07. The normalized spacial score (nSPS) is 24.4. The van der Waals surface area contributed by atoms with Gasteiger partial charge in [-0.15, -0.1) is 11.3 Å². The Hall–Kier alpha value is -1.79. The predicted molar refractivity (Wildman–Crippen MR) is 93.4 cm³/mol. The molecule has 0 aromatic carbocycles. The molecule has 0 bridgehead atoms. The molecule has 126 valence electrons. The molecule has 2 fully saturated rings. The first-order valence-electron chi connectivity index (χ1n) is 8.42. The molecule has 2 aromatic heterocycles. The molecule has 1 spiro atoms. The van der Waals surface area contributed by atoms with Crippen molar-refractivity contribution in [2.75, 3.05) is 19.6 Å². The molecule has 0 radical (unpaired) electrons. The molecule has 1 atom stereocenters. The topological polar surface area (TPSA) is 49.3 Å². The quantitative estimate of drug-likeness (QED) is 0.856. The van der Waals surface area contributed by atoms with E-state index in [0.717, 1.165) is 43.3 Å². The van der Waals surface area contributed by atoms with E-state index in [9.17, 15) is 4.79 Å². The molecule has 2 aliphatic rings. The second-order valence-electron chi connectivity index (χ2n) is 7.11. The summed E-state index contributed by atoms with van der Waals surface area (Å²) in [5, 5.41) is 3.13. The number of hydrogen-bond donors (Lipinski definition) is 0. The fourth-order valence-electron chi connectivity index (χ4n) is 3.99. The highest BCUT2D eigenvalue weighted by Gasteiger charge is 2.47. The van der Waals surface area contributed by atoms with Crippen LogP contribution in [0.2, 0.25) is 0 Å². The predicted octanol–water partition coefficient (Wildman–Crippen LogP) is 2.47. The van der Waals surface area contributed by atoms with Crippen LogP contribution in [0.3, 0.4) is 0 Å². The molecule has 0 unspecified atom stereocenters. The molecule has 4 heterocycles. The van der Waals surface area contributed by atoms with Crippen LogP contribution >= 0.6 is 11.3 Å². The van der Waals surface area contributed by atoms with Crippen LogP contribution in [-0.4, -0.2) is 45.3 Å². The Bertz CT molecular complexity index is 732. The van der Waals surface area contributed by atoms with E-state index in [1.54, 1.807) is 11.3 Å². The van der Waals surface area contributed by atoms with Gasteiger partial charge < -0.3 is 4.90 Å². The second kappa shape index (κ2) is 6.26. The lowest BCUT2D eigenvalue weighted by molar-refractivity contribution is -0.128. The number of carbonyl (C=O) groups excluding carboxylic acids is 1. The lowest BCUT2D eigenvalue weighted by atomic mass is 9.86. The zero-order valence-electron chi connectivity index (χ0n) is 13.9. The number of pyridine rings is 1. The van der Waals surface area contributed by atoms with Crippen LogP contribution in [0.15, 0.2) is 29.9 Å². The molecule has 24 heavy (non-hydrogen) atoms. The average Bonchev–Trinajstić information content (AvgIpc) is 3.22. The van der Waals surface area contributed by atoms with E-state index in [1.807, 2.05) is 30.3 Å². The Kier molecular flexibility index (Phi) is 4.10. The number of thiazole rings is 1. The van der Waals surface area contributed by atoms with Gasteiger partial charge in [0.15, 0.2) is 0 Å². The molecule has 6 heteroatoms. The molecule has 0 saturated carbocycles. The van der Waals surface area contributed by atoms with Gasteiger partial charge in [0.1, 0.15) is 0 Å². The Balaban J connectivity index is 1.39. The Morgan fingerprint density at radius 1 is 1.33 bits per heavy atom.